The molecule has 0 aromatic carbocycles. The maximum Gasteiger partial charge on any atom is 0.389 e. The Morgan fingerprint density at radius 1 is 0.800 bits per heavy atom. The van der Waals surface area contributed by atoms with E-state index in [1.54, 1.807) is 0 Å². The van der Waals surface area contributed by atoms with Crippen molar-refractivity contribution in [1.82, 2.24) is 0 Å². The van der Waals surface area contributed by atoms with Gasteiger partial charge in [-0.25, -0.2) is 0 Å². The van der Waals surface area contributed by atoms with Crippen LogP contribution < -0.4 is 0 Å². The van der Waals surface area contributed by atoms with Gasteiger partial charge in [0.15, 0.2) is 0 Å². The Labute approximate surface area is 91.3 Å². The lowest BCUT2D eigenvalue weighted by molar-refractivity contribution is -0.141. The van der Waals surface area contributed by atoms with Gasteiger partial charge in [-0.3, -0.25) is 0 Å². The molecule has 0 radical (unpaired) electrons. The van der Waals surface area contributed by atoms with Crippen LogP contribution >= 0.6 is 0 Å². The Morgan fingerprint density at radius 2 is 1.27 bits per heavy atom. The zero-order valence-electron chi connectivity index (χ0n) is 10.5. The Balaban J connectivity index is 4.19. The molecule has 0 aliphatic heterocycles. The summed E-state index contributed by atoms with van der Waals surface area (Å²) in [4.78, 5) is 0. The number of hydrogen-bond donors (Lipinski definition) is 0. The molecule has 92 valence electrons. The fraction of sp³-hybridized carbons (Fsp3) is 1.00. The van der Waals surface area contributed by atoms with Gasteiger partial charge in [-0.2, -0.15) is 13.2 Å². The van der Waals surface area contributed by atoms with Crippen LogP contribution in [0.15, 0.2) is 0 Å². The van der Waals surface area contributed by atoms with Gasteiger partial charge < -0.3 is 0 Å². The average molecular weight is 224 g/mol. The van der Waals surface area contributed by atoms with E-state index in [1.165, 1.54) is 0 Å². The van der Waals surface area contributed by atoms with Crippen molar-refractivity contribution in [2.45, 2.75) is 66.5 Å². The van der Waals surface area contributed by atoms with Crippen molar-refractivity contribution in [3.8, 4) is 0 Å². The van der Waals surface area contributed by atoms with Crippen molar-refractivity contribution in [2.75, 3.05) is 0 Å². The molecule has 0 saturated heterocycles. The molecule has 0 aliphatic carbocycles. The van der Waals surface area contributed by atoms with Crippen LogP contribution in [0.4, 0.5) is 13.2 Å². The minimum Gasteiger partial charge on any atom is -0.171 e. The summed E-state index contributed by atoms with van der Waals surface area (Å²) in [6.07, 6.45) is -2.62. The maximum atomic E-state index is 12.1. The maximum absolute atomic E-state index is 12.1. The highest BCUT2D eigenvalue weighted by atomic mass is 19.4. The Kier molecular flexibility index (Phi) is 4.68. The van der Waals surface area contributed by atoms with Gasteiger partial charge in [0.1, 0.15) is 0 Å². The summed E-state index contributed by atoms with van der Waals surface area (Å²) in [5, 5.41) is 0. The number of hydrogen-bond acceptors (Lipinski definition) is 0. The van der Waals surface area contributed by atoms with Crippen molar-refractivity contribution in [3.05, 3.63) is 0 Å². The second-order valence-electron chi connectivity index (χ2n) is 5.97. The summed E-state index contributed by atoms with van der Waals surface area (Å²) in [5.74, 6) is 0. The quantitative estimate of drug-likeness (QED) is 0.603. The molecule has 3 heteroatoms. The van der Waals surface area contributed by atoms with Crippen LogP contribution in [0.2, 0.25) is 0 Å². The summed E-state index contributed by atoms with van der Waals surface area (Å²) in [6.45, 7) is 10.2. The largest absolute Gasteiger partial charge is 0.389 e. The molecule has 0 fully saturated rings. The second kappa shape index (κ2) is 4.75. The lowest BCUT2D eigenvalue weighted by atomic mass is 9.72. The first-order chi connectivity index (χ1) is 6.47. The predicted octanol–water partition coefficient (Wildman–Crippen LogP) is 5.18. The van der Waals surface area contributed by atoms with Crippen molar-refractivity contribution in [3.63, 3.8) is 0 Å². The molecule has 0 bridgehead atoms. The first-order valence-electron chi connectivity index (χ1n) is 5.54. The minimum atomic E-state index is -4.02. The fourth-order valence-corrected chi connectivity index (χ4v) is 1.99. The van der Waals surface area contributed by atoms with E-state index in [0.717, 1.165) is 12.8 Å². The van der Waals surface area contributed by atoms with E-state index in [0.29, 0.717) is 0 Å². The predicted molar refractivity (Wildman–Crippen MR) is 57.8 cm³/mol. The summed E-state index contributed by atoms with van der Waals surface area (Å²) in [6, 6.07) is 0. The molecule has 0 amide bonds. The summed E-state index contributed by atoms with van der Waals surface area (Å²) in [5.41, 5.74) is -0.0931. The van der Waals surface area contributed by atoms with E-state index in [2.05, 4.69) is 20.8 Å². The topological polar surface area (TPSA) is 0 Å². The molecule has 0 aromatic heterocycles. The van der Waals surface area contributed by atoms with Crippen LogP contribution in [0.25, 0.3) is 0 Å². The van der Waals surface area contributed by atoms with Crippen LogP contribution in [0.3, 0.4) is 0 Å². The molecule has 0 nitrogen and oxygen atoms in total. The third-order valence-corrected chi connectivity index (χ3v) is 3.00. The van der Waals surface area contributed by atoms with Gasteiger partial charge in [-0.05, 0) is 23.7 Å². The van der Waals surface area contributed by atoms with Gasteiger partial charge in [0, 0.05) is 6.42 Å². The van der Waals surface area contributed by atoms with Crippen LogP contribution in [-0.2, 0) is 0 Å². The standard InChI is InChI=1S/C12H23F3/c1-6-10(2,3)9-11(4,5)7-8-12(13,14)15/h6-9H2,1-5H3. The highest BCUT2D eigenvalue weighted by Crippen LogP contribution is 2.40. The van der Waals surface area contributed by atoms with Crippen molar-refractivity contribution >= 4 is 0 Å². The molecule has 0 saturated carbocycles. The van der Waals surface area contributed by atoms with E-state index in [1.807, 2.05) is 13.8 Å². The van der Waals surface area contributed by atoms with E-state index in [4.69, 9.17) is 0 Å². The van der Waals surface area contributed by atoms with Gasteiger partial charge in [0.05, 0.1) is 0 Å². The van der Waals surface area contributed by atoms with E-state index < -0.39 is 12.6 Å². The Hall–Kier alpha value is -0.210. The van der Waals surface area contributed by atoms with Crippen LogP contribution in [-0.4, -0.2) is 6.18 Å². The zero-order chi connectivity index (χ0) is 12.3. The van der Waals surface area contributed by atoms with Crippen LogP contribution in [0.1, 0.15) is 60.3 Å². The van der Waals surface area contributed by atoms with E-state index in [-0.39, 0.29) is 17.3 Å². The Bertz CT molecular complexity index is 190. The molecule has 15 heavy (non-hydrogen) atoms. The van der Waals surface area contributed by atoms with Crippen LogP contribution in [0, 0.1) is 10.8 Å². The van der Waals surface area contributed by atoms with Crippen molar-refractivity contribution < 1.29 is 13.2 Å². The summed E-state index contributed by atoms with van der Waals surface area (Å²) in [7, 11) is 0. The van der Waals surface area contributed by atoms with Crippen molar-refractivity contribution in [1.29, 1.82) is 0 Å². The minimum absolute atomic E-state index is 0.134. The van der Waals surface area contributed by atoms with Gasteiger partial charge >= 0.3 is 6.18 Å². The molecule has 0 N–H and O–H groups in total. The van der Waals surface area contributed by atoms with Crippen molar-refractivity contribution in [2.24, 2.45) is 10.8 Å². The summed E-state index contributed by atoms with van der Waals surface area (Å²) < 4.78 is 36.3. The zero-order valence-corrected chi connectivity index (χ0v) is 10.5. The van der Waals surface area contributed by atoms with E-state index in [9.17, 15) is 13.2 Å². The highest BCUT2D eigenvalue weighted by Gasteiger charge is 2.33. The third-order valence-electron chi connectivity index (χ3n) is 3.00. The first kappa shape index (κ1) is 14.8. The lowest BCUT2D eigenvalue weighted by Gasteiger charge is -2.34. The van der Waals surface area contributed by atoms with Gasteiger partial charge in [0.2, 0.25) is 0 Å². The molecular formula is C12H23F3. The first-order valence-corrected chi connectivity index (χ1v) is 5.54. The highest BCUT2D eigenvalue weighted by molar-refractivity contribution is 4.79. The third kappa shape index (κ3) is 7.69. The molecular weight excluding hydrogens is 201 g/mol. The second-order valence-corrected chi connectivity index (χ2v) is 5.97. The lowest BCUT2D eigenvalue weighted by Crippen LogP contribution is -2.24. The SMILES string of the molecule is CCC(C)(C)CC(C)(C)CCC(F)(F)F. The summed E-state index contributed by atoms with van der Waals surface area (Å²) >= 11 is 0. The number of alkyl halides is 3. The molecule has 0 heterocycles. The van der Waals surface area contributed by atoms with Gasteiger partial charge in [0.25, 0.3) is 0 Å². The smallest absolute Gasteiger partial charge is 0.171 e. The Morgan fingerprint density at radius 3 is 1.60 bits per heavy atom. The van der Waals surface area contributed by atoms with E-state index >= 15 is 0 Å². The molecule has 0 aromatic rings. The number of rotatable bonds is 5. The molecule has 0 aliphatic rings. The molecule has 0 atom stereocenters. The van der Waals surface area contributed by atoms with Gasteiger partial charge in [-0.15, -0.1) is 0 Å². The molecule has 0 rings (SSSR count). The monoisotopic (exact) mass is 224 g/mol. The van der Waals surface area contributed by atoms with Crippen LogP contribution in [0.5, 0.6) is 0 Å². The normalized spacial score (nSPS) is 14.4. The molecule has 0 unspecified atom stereocenters. The molecule has 0 spiro atoms. The van der Waals surface area contributed by atoms with Gasteiger partial charge in [-0.1, -0.05) is 41.0 Å². The average Bonchev–Trinajstić information content (AvgIpc) is 1.98. The number of halogens is 3. The fourth-order valence-electron chi connectivity index (χ4n) is 1.99.